The molecule has 0 unspecified atom stereocenters. The van der Waals surface area contributed by atoms with Gasteiger partial charge >= 0.3 is 5.97 Å². The second-order valence-electron chi connectivity index (χ2n) is 3.99. The maximum absolute atomic E-state index is 11.4. The summed E-state index contributed by atoms with van der Waals surface area (Å²) in [6.07, 6.45) is 4.42. The van der Waals surface area contributed by atoms with Crippen LogP contribution in [0, 0.1) is 0 Å². The highest BCUT2D eigenvalue weighted by atomic mass is 16.4. The number of nitrogens with one attached hydrogen (secondary N) is 2. The van der Waals surface area contributed by atoms with Crippen LogP contribution in [0.5, 0.6) is 0 Å². The van der Waals surface area contributed by atoms with Crippen molar-refractivity contribution in [1.82, 2.24) is 10.6 Å². The van der Waals surface area contributed by atoms with E-state index in [1.807, 2.05) is 0 Å². The maximum atomic E-state index is 11.4. The molecule has 0 aromatic heterocycles. The van der Waals surface area contributed by atoms with Crippen LogP contribution in [0.2, 0.25) is 0 Å². The number of hydrogen-bond acceptors (Lipinski definition) is 3. The molecule has 5 heteroatoms. The van der Waals surface area contributed by atoms with Crippen LogP contribution in [0.15, 0.2) is 0 Å². The predicted molar refractivity (Wildman–Crippen MR) is 55.5 cm³/mol. The van der Waals surface area contributed by atoms with Crippen LogP contribution in [-0.4, -0.2) is 35.6 Å². The molecular weight excluding hydrogens is 196 g/mol. The number of hydrogen-bond donors (Lipinski definition) is 3. The van der Waals surface area contributed by atoms with Crippen molar-refractivity contribution in [3.63, 3.8) is 0 Å². The zero-order valence-corrected chi connectivity index (χ0v) is 8.95. The number of carbonyl (C=O) groups is 2. The second-order valence-corrected chi connectivity index (χ2v) is 3.99. The largest absolute Gasteiger partial charge is 0.480 e. The Kier molecular flexibility index (Phi) is 4.55. The highest BCUT2D eigenvalue weighted by Crippen LogP contribution is 2.17. The van der Waals surface area contributed by atoms with Gasteiger partial charge in [-0.2, -0.15) is 0 Å². The van der Waals surface area contributed by atoms with Gasteiger partial charge in [0.1, 0.15) is 6.04 Å². The van der Waals surface area contributed by atoms with Gasteiger partial charge in [-0.05, 0) is 19.8 Å². The fourth-order valence-corrected chi connectivity index (χ4v) is 1.68. The van der Waals surface area contributed by atoms with Crippen LogP contribution < -0.4 is 10.6 Å². The molecule has 0 bridgehead atoms. The summed E-state index contributed by atoms with van der Waals surface area (Å²) in [5, 5.41) is 14.1. The third-order valence-corrected chi connectivity index (χ3v) is 2.66. The van der Waals surface area contributed by atoms with Gasteiger partial charge in [0.25, 0.3) is 0 Å². The van der Waals surface area contributed by atoms with Crippen molar-refractivity contribution in [3.05, 3.63) is 0 Å². The Morgan fingerprint density at radius 2 is 2.00 bits per heavy atom. The van der Waals surface area contributed by atoms with E-state index in [1.54, 1.807) is 0 Å². The first-order chi connectivity index (χ1) is 7.09. The fraction of sp³-hybridized carbons (Fsp3) is 0.800. The topological polar surface area (TPSA) is 78.4 Å². The molecule has 15 heavy (non-hydrogen) atoms. The van der Waals surface area contributed by atoms with E-state index in [9.17, 15) is 9.59 Å². The quantitative estimate of drug-likeness (QED) is 0.607. The first-order valence-electron chi connectivity index (χ1n) is 5.35. The molecule has 0 aromatic carbocycles. The summed E-state index contributed by atoms with van der Waals surface area (Å²) in [5.74, 6) is -1.06. The van der Waals surface area contributed by atoms with Gasteiger partial charge in [0, 0.05) is 6.04 Å². The first-order valence-corrected chi connectivity index (χ1v) is 5.35. The van der Waals surface area contributed by atoms with Crippen molar-refractivity contribution in [3.8, 4) is 0 Å². The molecule has 0 radical (unpaired) electrons. The van der Waals surface area contributed by atoms with Crippen LogP contribution in [0.4, 0.5) is 0 Å². The monoisotopic (exact) mass is 214 g/mol. The summed E-state index contributed by atoms with van der Waals surface area (Å²) in [6, 6.07) is -0.390. The minimum atomic E-state index is -0.941. The summed E-state index contributed by atoms with van der Waals surface area (Å²) in [4.78, 5) is 21.8. The minimum absolute atomic E-state index is 0.0734. The number of rotatable bonds is 5. The Morgan fingerprint density at radius 1 is 1.40 bits per heavy atom. The van der Waals surface area contributed by atoms with Crippen molar-refractivity contribution in [2.75, 3.05) is 6.54 Å². The maximum Gasteiger partial charge on any atom is 0.320 e. The zero-order chi connectivity index (χ0) is 11.3. The van der Waals surface area contributed by atoms with E-state index in [0.717, 1.165) is 12.8 Å². The molecular formula is C10H18N2O3. The van der Waals surface area contributed by atoms with E-state index in [0.29, 0.717) is 6.04 Å². The van der Waals surface area contributed by atoms with Gasteiger partial charge in [-0.25, -0.2) is 0 Å². The lowest BCUT2D eigenvalue weighted by molar-refractivity contribution is -0.139. The molecule has 1 rings (SSSR count). The van der Waals surface area contributed by atoms with Crippen LogP contribution in [0.25, 0.3) is 0 Å². The molecule has 1 saturated carbocycles. The van der Waals surface area contributed by atoms with Crippen LogP contribution in [0.3, 0.4) is 0 Å². The van der Waals surface area contributed by atoms with E-state index in [1.165, 1.54) is 19.8 Å². The van der Waals surface area contributed by atoms with Gasteiger partial charge in [-0.15, -0.1) is 0 Å². The first kappa shape index (κ1) is 12.0. The molecule has 0 aromatic rings. The Labute approximate surface area is 89.2 Å². The third kappa shape index (κ3) is 4.29. The molecule has 0 heterocycles. The van der Waals surface area contributed by atoms with Crippen LogP contribution in [-0.2, 0) is 9.59 Å². The van der Waals surface area contributed by atoms with E-state index < -0.39 is 12.0 Å². The summed E-state index contributed by atoms with van der Waals surface area (Å²) in [5.41, 5.74) is 0. The van der Waals surface area contributed by atoms with Crippen molar-refractivity contribution >= 4 is 11.9 Å². The normalized spacial score (nSPS) is 18.7. The standard InChI is InChI=1S/C10H18N2O3/c1-7(10(14)15)11-6-9(13)12-8-4-2-3-5-8/h7-8,11H,2-6H2,1H3,(H,12,13)(H,14,15)/t7-/m0/s1. The Bertz CT molecular complexity index is 237. The Balaban J connectivity index is 2.15. The Hall–Kier alpha value is -1.10. The summed E-state index contributed by atoms with van der Waals surface area (Å²) in [7, 11) is 0. The van der Waals surface area contributed by atoms with Gasteiger partial charge in [-0.1, -0.05) is 12.8 Å². The number of aliphatic carboxylic acids is 1. The van der Waals surface area contributed by atoms with Gasteiger partial charge in [0.2, 0.25) is 5.91 Å². The molecule has 1 amide bonds. The van der Waals surface area contributed by atoms with Crippen molar-refractivity contribution in [1.29, 1.82) is 0 Å². The van der Waals surface area contributed by atoms with Gasteiger partial charge in [-0.3, -0.25) is 14.9 Å². The predicted octanol–water partition coefficient (Wildman–Crippen LogP) is 0.108. The summed E-state index contributed by atoms with van der Waals surface area (Å²) >= 11 is 0. The lowest BCUT2D eigenvalue weighted by Gasteiger charge is -2.13. The molecule has 1 aliphatic rings. The lowest BCUT2D eigenvalue weighted by Crippen LogP contribution is -2.43. The van der Waals surface area contributed by atoms with Gasteiger partial charge in [0.05, 0.1) is 6.54 Å². The molecule has 0 saturated heterocycles. The van der Waals surface area contributed by atoms with Crippen molar-refractivity contribution in [2.24, 2.45) is 0 Å². The van der Waals surface area contributed by atoms with Crippen molar-refractivity contribution in [2.45, 2.75) is 44.7 Å². The van der Waals surface area contributed by atoms with Crippen LogP contribution >= 0.6 is 0 Å². The molecule has 1 aliphatic carbocycles. The van der Waals surface area contributed by atoms with Gasteiger partial charge < -0.3 is 10.4 Å². The average molecular weight is 214 g/mol. The SMILES string of the molecule is C[C@H](NCC(=O)NC1CCCC1)C(=O)O. The Morgan fingerprint density at radius 3 is 2.53 bits per heavy atom. The summed E-state index contributed by atoms with van der Waals surface area (Å²) < 4.78 is 0. The number of amides is 1. The van der Waals surface area contributed by atoms with Crippen molar-refractivity contribution < 1.29 is 14.7 Å². The lowest BCUT2D eigenvalue weighted by atomic mass is 10.2. The average Bonchev–Trinajstić information content (AvgIpc) is 2.66. The highest BCUT2D eigenvalue weighted by Gasteiger charge is 2.18. The molecule has 1 fully saturated rings. The smallest absolute Gasteiger partial charge is 0.320 e. The number of carbonyl (C=O) groups excluding carboxylic acids is 1. The van der Waals surface area contributed by atoms with Crippen LogP contribution in [0.1, 0.15) is 32.6 Å². The fourth-order valence-electron chi connectivity index (χ4n) is 1.68. The molecule has 1 atom stereocenters. The summed E-state index contributed by atoms with van der Waals surface area (Å²) in [6.45, 7) is 1.59. The number of carboxylic acid groups (broad SMARTS) is 1. The molecule has 86 valence electrons. The molecule has 5 nitrogen and oxygen atoms in total. The van der Waals surface area contributed by atoms with E-state index in [4.69, 9.17) is 5.11 Å². The molecule has 0 aliphatic heterocycles. The minimum Gasteiger partial charge on any atom is -0.480 e. The number of carboxylic acids is 1. The molecule has 3 N–H and O–H groups in total. The van der Waals surface area contributed by atoms with E-state index >= 15 is 0 Å². The van der Waals surface area contributed by atoms with Gasteiger partial charge in [0.15, 0.2) is 0 Å². The van der Waals surface area contributed by atoms with E-state index in [-0.39, 0.29) is 12.5 Å². The second kappa shape index (κ2) is 5.70. The molecule has 0 spiro atoms. The highest BCUT2D eigenvalue weighted by molar-refractivity contribution is 5.80. The van der Waals surface area contributed by atoms with E-state index in [2.05, 4.69) is 10.6 Å². The third-order valence-electron chi connectivity index (χ3n) is 2.66. The zero-order valence-electron chi connectivity index (χ0n) is 8.95.